The number of hydrogen-bond donors (Lipinski definition) is 2. The van der Waals surface area contributed by atoms with Crippen LogP contribution in [-0.2, 0) is 19.1 Å². The lowest BCUT2D eigenvalue weighted by atomic mass is 10.2. The van der Waals surface area contributed by atoms with Crippen LogP contribution in [0.5, 0.6) is 0 Å². The number of ether oxygens (including phenoxy) is 2. The number of alkyl carbamates (subject to hydrolysis) is 1. The zero-order valence-corrected chi connectivity index (χ0v) is 13.3. The molecule has 2 N–H and O–H groups in total. The van der Waals surface area contributed by atoms with Crippen LogP contribution >= 0.6 is 11.8 Å². The topological polar surface area (TPSA) is 93.7 Å². The van der Waals surface area contributed by atoms with Crippen LogP contribution in [0.2, 0.25) is 0 Å². The summed E-state index contributed by atoms with van der Waals surface area (Å²) in [4.78, 5) is 35.6. The number of methoxy groups -OCH3 is 1. The highest BCUT2D eigenvalue weighted by molar-refractivity contribution is 8.07. The number of thioether (sulfide) groups is 1. The monoisotopic (exact) mass is 314 g/mol. The summed E-state index contributed by atoms with van der Waals surface area (Å²) in [5.41, 5.74) is -0.528. The predicted octanol–water partition coefficient (Wildman–Crippen LogP) is 1.62. The van der Waals surface area contributed by atoms with Gasteiger partial charge >= 0.3 is 12.1 Å². The predicted molar refractivity (Wildman–Crippen MR) is 77.9 cm³/mol. The Morgan fingerprint density at radius 3 is 2.48 bits per heavy atom. The summed E-state index contributed by atoms with van der Waals surface area (Å²) in [5.74, 6) is -1.12. The van der Waals surface area contributed by atoms with E-state index in [0.717, 1.165) is 11.8 Å². The largest absolute Gasteiger partial charge is 0.464 e. The molecule has 2 amide bonds. The third kappa shape index (κ3) is 5.14. The average molecular weight is 314 g/mol. The smallest absolute Gasteiger partial charge is 0.411 e. The third-order valence-corrected chi connectivity index (χ3v) is 3.22. The number of allylic oxidation sites excluding steroid dienone is 1. The molecule has 0 saturated carbocycles. The number of rotatable bonds is 2. The van der Waals surface area contributed by atoms with Crippen molar-refractivity contribution in [2.75, 3.05) is 7.11 Å². The van der Waals surface area contributed by atoms with Gasteiger partial charge in [0, 0.05) is 11.1 Å². The van der Waals surface area contributed by atoms with Gasteiger partial charge < -0.3 is 14.8 Å². The molecule has 0 aromatic heterocycles. The van der Waals surface area contributed by atoms with E-state index in [1.807, 2.05) is 0 Å². The Labute approximate surface area is 127 Å². The molecule has 116 valence electrons. The third-order valence-electron chi connectivity index (χ3n) is 2.19. The minimum atomic E-state index is -0.663. The van der Waals surface area contributed by atoms with Crippen molar-refractivity contribution < 1.29 is 23.9 Å². The molecule has 0 aromatic rings. The quantitative estimate of drug-likeness (QED) is 0.594. The van der Waals surface area contributed by atoms with Crippen LogP contribution in [0.1, 0.15) is 27.7 Å². The fraction of sp³-hybridized carbons (Fsp3) is 0.462. The lowest BCUT2D eigenvalue weighted by Gasteiger charge is -2.20. The van der Waals surface area contributed by atoms with Gasteiger partial charge in [-0.2, -0.15) is 0 Å². The zero-order valence-electron chi connectivity index (χ0n) is 12.5. The van der Waals surface area contributed by atoms with Crippen molar-refractivity contribution >= 4 is 29.7 Å². The fourth-order valence-corrected chi connectivity index (χ4v) is 2.18. The molecular formula is C13H18N2O5S. The molecule has 0 aliphatic carbocycles. The van der Waals surface area contributed by atoms with Crippen LogP contribution in [0.4, 0.5) is 4.79 Å². The van der Waals surface area contributed by atoms with E-state index in [-0.39, 0.29) is 10.6 Å². The van der Waals surface area contributed by atoms with Gasteiger partial charge in [-0.25, -0.2) is 9.59 Å². The molecule has 1 rings (SSSR count). The van der Waals surface area contributed by atoms with Crippen LogP contribution in [-0.4, -0.2) is 30.7 Å². The normalized spacial score (nSPS) is 17.4. The Morgan fingerprint density at radius 2 is 1.95 bits per heavy atom. The van der Waals surface area contributed by atoms with E-state index < -0.39 is 23.6 Å². The van der Waals surface area contributed by atoms with E-state index >= 15 is 0 Å². The molecular weight excluding hydrogens is 296 g/mol. The van der Waals surface area contributed by atoms with Crippen molar-refractivity contribution in [3.05, 3.63) is 21.7 Å². The molecule has 1 heterocycles. The van der Waals surface area contributed by atoms with Crippen molar-refractivity contribution in [3.63, 3.8) is 0 Å². The van der Waals surface area contributed by atoms with Crippen LogP contribution in [0.15, 0.2) is 21.7 Å². The number of carbonyl (C=O) groups is 3. The summed E-state index contributed by atoms with van der Waals surface area (Å²) in [6, 6.07) is 0. The first-order valence-corrected chi connectivity index (χ1v) is 6.94. The van der Waals surface area contributed by atoms with Gasteiger partial charge in [0.05, 0.1) is 12.0 Å². The number of esters is 1. The van der Waals surface area contributed by atoms with Gasteiger partial charge in [0.25, 0.3) is 5.91 Å². The number of carbonyl (C=O) groups excluding carboxylic acids is 3. The number of amides is 2. The zero-order chi connectivity index (χ0) is 16.2. The van der Waals surface area contributed by atoms with E-state index in [1.54, 1.807) is 27.7 Å². The highest BCUT2D eigenvalue weighted by Gasteiger charge is 2.26. The summed E-state index contributed by atoms with van der Waals surface area (Å²) >= 11 is 1.06. The van der Waals surface area contributed by atoms with Gasteiger partial charge in [-0.1, -0.05) is 11.8 Å². The summed E-state index contributed by atoms with van der Waals surface area (Å²) in [6.07, 6.45) is 0.579. The van der Waals surface area contributed by atoms with Crippen LogP contribution < -0.4 is 10.6 Å². The first-order valence-electron chi connectivity index (χ1n) is 6.12. The number of nitrogens with one attached hydrogen (secondary N) is 2. The Hall–Kier alpha value is -1.96. The molecule has 0 unspecified atom stereocenters. The maximum atomic E-state index is 11.8. The highest BCUT2D eigenvalue weighted by Crippen LogP contribution is 2.31. The highest BCUT2D eigenvalue weighted by atomic mass is 32.2. The first-order chi connectivity index (χ1) is 9.64. The van der Waals surface area contributed by atoms with Crippen molar-refractivity contribution in [2.24, 2.45) is 0 Å². The van der Waals surface area contributed by atoms with Gasteiger partial charge in [-0.05, 0) is 27.7 Å². The molecule has 8 heteroatoms. The van der Waals surface area contributed by atoms with Crippen molar-refractivity contribution in [3.8, 4) is 0 Å². The minimum Gasteiger partial charge on any atom is -0.464 e. The SMILES string of the molecule is COC(=O)C1=C(C)S/C(=C\NC(=O)OC(C)(C)C)C(=O)N1. The second-order valence-electron chi connectivity index (χ2n) is 5.13. The number of hydrogen-bond acceptors (Lipinski definition) is 6. The molecule has 0 fully saturated rings. The average Bonchev–Trinajstić information content (AvgIpc) is 2.36. The molecule has 0 bridgehead atoms. The Bertz CT molecular complexity index is 531. The first kappa shape index (κ1) is 17.1. The summed E-state index contributed by atoms with van der Waals surface area (Å²) < 4.78 is 9.61. The van der Waals surface area contributed by atoms with E-state index in [9.17, 15) is 14.4 Å². The van der Waals surface area contributed by atoms with Crippen LogP contribution in [0.3, 0.4) is 0 Å². The van der Waals surface area contributed by atoms with Gasteiger partial charge in [0.2, 0.25) is 0 Å². The molecule has 0 aromatic carbocycles. The van der Waals surface area contributed by atoms with E-state index in [1.165, 1.54) is 13.3 Å². The summed E-state index contributed by atoms with van der Waals surface area (Å²) in [5, 5.41) is 4.80. The van der Waals surface area contributed by atoms with Crippen molar-refractivity contribution in [2.45, 2.75) is 33.3 Å². The maximum Gasteiger partial charge on any atom is 0.411 e. The molecule has 0 radical (unpaired) electrons. The van der Waals surface area contributed by atoms with Gasteiger partial charge in [0.1, 0.15) is 11.3 Å². The second kappa shape index (κ2) is 6.66. The molecule has 0 atom stereocenters. The molecule has 1 aliphatic heterocycles. The van der Waals surface area contributed by atoms with Crippen LogP contribution in [0, 0.1) is 0 Å². The van der Waals surface area contributed by atoms with Crippen LogP contribution in [0.25, 0.3) is 0 Å². The molecule has 7 nitrogen and oxygen atoms in total. The maximum absolute atomic E-state index is 11.8. The molecule has 1 aliphatic rings. The molecule has 0 saturated heterocycles. The van der Waals surface area contributed by atoms with Gasteiger partial charge in [0.15, 0.2) is 0 Å². The fourth-order valence-electron chi connectivity index (χ4n) is 1.35. The lowest BCUT2D eigenvalue weighted by Crippen LogP contribution is -2.34. The Kier molecular flexibility index (Phi) is 5.42. The standard InChI is InChI=1S/C13H18N2O5S/c1-7-9(11(17)19-5)15-10(16)8(21-7)6-14-12(18)20-13(2,3)4/h6H,1-5H3,(H,14,18)(H,15,16)/b8-6-. The molecule has 0 spiro atoms. The molecule has 21 heavy (non-hydrogen) atoms. The minimum absolute atomic E-state index is 0.0990. The Balaban J connectivity index is 2.76. The lowest BCUT2D eigenvalue weighted by molar-refractivity contribution is -0.137. The van der Waals surface area contributed by atoms with Crippen molar-refractivity contribution in [1.29, 1.82) is 0 Å². The van der Waals surface area contributed by atoms with E-state index in [2.05, 4.69) is 15.4 Å². The van der Waals surface area contributed by atoms with Gasteiger partial charge in [-0.15, -0.1) is 0 Å². The Morgan fingerprint density at radius 1 is 1.33 bits per heavy atom. The van der Waals surface area contributed by atoms with Gasteiger partial charge in [-0.3, -0.25) is 10.1 Å². The second-order valence-corrected chi connectivity index (χ2v) is 6.39. The summed E-state index contributed by atoms with van der Waals surface area (Å²) in [7, 11) is 1.23. The van der Waals surface area contributed by atoms with E-state index in [0.29, 0.717) is 4.91 Å². The van der Waals surface area contributed by atoms with E-state index in [4.69, 9.17) is 4.74 Å². The van der Waals surface area contributed by atoms with Crippen molar-refractivity contribution in [1.82, 2.24) is 10.6 Å². The summed E-state index contributed by atoms with van der Waals surface area (Å²) in [6.45, 7) is 6.86.